The highest BCUT2D eigenvalue weighted by Crippen LogP contribution is 2.36. The van der Waals surface area contributed by atoms with Crippen molar-refractivity contribution in [1.82, 2.24) is 0 Å². The second-order valence-corrected chi connectivity index (χ2v) is 3.05. The molecule has 1 aliphatic heterocycles. The lowest BCUT2D eigenvalue weighted by atomic mass is 10.0. The normalized spacial score (nSPS) is 14.3. The monoisotopic (exact) mass is 211 g/mol. The first-order valence-electron chi connectivity index (χ1n) is 4.24. The van der Waals surface area contributed by atoms with E-state index in [4.69, 9.17) is 4.74 Å². The molecule has 0 fully saturated rings. The third-order valence-corrected chi connectivity index (χ3v) is 2.14. The third kappa shape index (κ3) is 1.43. The van der Waals surface area contributed by atoms with Crippen LogP contribution in [0.1, 0.15) is 16.8 Å². The molecular formula is C9H6FNO4. The number of nitro groups is 1. The van der Waals surface area contributed by atoms with Crippen LogP contribution in [0.2, 0.25) is 0 Å². The van der Waals surface area contributed by atoms with Crippen molar-refractivity contribution in [2.24, 2.45) is 0 Å². The standard InChI is InChI=1S/C9H6FNO4/c10-6-2-1-5-7(12)3-4-15-9(5)8(6)11(13)14/h1-2H,3-4H2. The van der Waals surface area contributed by atoms with Gasteiger partial charge in [0.2, 0.25) is 11.6 Å². The van der Waals surface area contributed by atoms with Crippen LogP contribution in [0, 0.1) is 15.9 Å². The van der Waals surface area contributed by atoms with Crippen LogP contribution in [-0.2, 0) is 0 Å². The molecular weight excluding hydrogens is 205 g/mol. The highest BCUT2D eigenvalue weighted by atomic mass is 19.1. The number of ether oxygens (including phenoxy) is 1. The lowest BCUT2D eigenvalue weighted by Crippen LogP contribution is -2.17. The molecule has 1 aliphatic rings. The van der Waals surface area contributed by atoms with Gasteiger partial charge in [-0.15, -0.1) is 0 Å². The Hall–Kier alpha value is -1.98. The number of benzene rings is 1. The number of carbonyl (C=O) groups excluding carboxylic acids is 1. The smallest absolute Gasteiger partial charge is 0.346 e. The number of hydrogen-bond donors (Lipinski definition) is 0. The zero-order valence-electron chi connectivity index (χ0n) is 7.53. The van der Waals surface area contributed by atoms with Crippen LogP contribution in [0.15, 0.2) is 12.1 Å². The number of nitrogens with zero attached hydrogens (tertiary/aromatic N) is 1. The van der Waals surface area contributed by atoms with Gasteiger partial charge >= 0.3 is 5.69 Å². The van der Waals surface area contributed by atoms with Crippen molar-refractivity contribution in [3.63, 3.8) is 0 Å². The lowest BCUT2D eigenvalue weighted by molar-refractivity contribution is -0.388. The molecule has 0 spiro atoms. The second kappa shape index (κ2) is 3.30. The van der Waals surface area contributed by atoms with Crippen LogP contribution in [0.25, 0.3) is 0 Å². The number of carbonyl (C=O) groups is 1. The van der Waals surface area contributed by atoms with Crippen LogP contribution in [-0.4, -0.2) is 17.3 Å². The van der Waals surface area contributed by atoms with Gasteiger partial charge in [0.15, 0.2) is 5.78 Å². The highest BCUT2D eigenvalue weighted by Gasteiger charge is 2.30. The Morgan fingerprint density at radius 3 is 2.87 bits per heavy atom. The van der Waals surface area contributed by atoms with E-state index in [9.17, 15) is 19.3 Å². The number of fused-ring (bicyclic) bond motifs is 1. The van der Waals surface area contributed by atoms with E-state index < -0.39 is 16.4 Å². The summed E-state index contributed by atoms with van der Waals surface area (Å²) in [5.74, 6) is -1.51. The average molecular weight is 211 g/mol. The Labute approximate surface area is 83.6 Å². The lowest BCUT2D eigenvalue weighted by Gasteiger charge is -2.15. The van der Waals surface area contributed by atoms with Crippen LogP contribution in [0.5, 0.6) is 5.75 Å². The summed E-state index contributed by atoms with van der Waals surface area (Å²) in [6.07, 6.45) is 0.162. The third-order valence-electron chi connectivity index (χ3n) is 2.14. The van der Waals surface area contributed by atoms with Gasteiger partial charge in [-0.3, -0.25) is 14.9 Å². The molecule has 0 atom stereocenters. The van der Waals surface area contributed by atoms with E-state index in [-0.39, 0.29) is 30.1 Å². The number of Topliss-reactive ketones (excluding diaryl/α,β-unsaturated/α-hetero) is 1. The molecule has 0 N–H and O–H groups in total. The summed E-state index contributed by atoms with van der Waals surface area (Å²) in [6, 6.07) is 2.11. The summed E-state index contributed by atoms with van der Waals surface area (Å²) >= 11 is 0. The summed E-state index contributed by atoms with van der Waals surface area (Å²) in [5, 5.41) is 10.6. The number of hydrogen-bond acceptors (Lipinski definition) is 4. The summed E-state index contributed by atoms with van der Waals surface area (Å²) in [5.41, 5.74) is -0.685. The maximum Gasteiger partial charge on any atom is 0.346 e. The Bertz CT molecular complexity index is 458. The maximum atomic E-state index is 13.1. The summed E-state index contributed by atoms with van der Waals surface area (Å²) < 4.78 is 18.1. The van der Waals surface area contributed by atoms with Gasteiger partial charge < -0.3 is 4.74 Å². The fourth-order valence-corrected chi connectivity index (χ4v) is 1.46. The summed E-state index contributed by atoms with van der Waals surface area (Å²) in [6.45, 7) is 0.0517. The van der Waals surface area contributed by atoms with Crippen LogP contribution >= 0.6 is 0 Å². The molecule has 78 valence electrons. The largest absolute Gasteiger partial charge is 0.486 e. The van der Waals surface area contributed by atoms with Crippen molar-refractivity contribution >= 4 is 11.5 Å². The summed E-state index contributed by atoms with van der Waals surface area (Å²) in [7, 11) is 0. The molecule has 0 radical (unpaired) electrons. The SMILES string of the molecule is O=C1CCOc2c1ccc(F)c2[N+](=O)[O-]. The number of halogens is 1. The van der Waals surface area contributed by atoms with Gasteiger partial charge in [-0.25, -0.2) is 0 Å². The van der Waals surface area contributed by atoms with E-state index in [0.29, 0.717) is 0 Å². The quantitative estimate of drug-likeness (QED) is 0.523. The molecule has 1 aromatic rings. The zero-order chi connectivity index (χ0) is 11.0. The Kier molecular flexibility index (Phi) is 2.11. The minimum Gasteiger partial charge on any atom is -0.486 e. The van der Waals surface area contributed by atoms with Crippen molar-refractivity contribution in [2.75, 3.05) is 6.61 Å². The van der Waals surface area contributed by atoms with Gasteiger partial charge in [-0.05, 0) is 12.1 Å². The first-order chi connectivity index (χ1) is 7.11. The van der Waals surface area contributed by atoms with E-state index in [1.165, 1.54) is 6.07 Å². The molecule has 1 heterocycles. The van der Waals surface area contributed by atoms with E-state index in [1.807, 2.05) is 0 Å². The van der Waals surface area contributed by atoms with Gasteiger partial charge in [0, 0.05) is 6.42 Å². The molecule has 0 saturated carbocycles. The number of nitro benzene ring substituents is 1. The van der Waals surface area contributed by atoms with Crippen LogP contribution < -0.4 is 4.74 Å². The predicted molar refractivity (Wildman–Crippen MR) is 47.5 cm³/mol. The van der Waals surface area contributed by atoms with Crippen molar-refractivity contribution in [3.05, 3.63) is 33.6 Å². The average Bonchev–Trinajstić information content (AvgIpc) is 2.17. The molecule has 0 aromatic heterocycles. The first-order valence-corrected chi connectivity index (χ1v) is 4.24. The first kappa shape index (κ1) is 9.57. The van der Waals surface area contributed by atoms with E-state index in [1.54, 1.807) is 0 Å². The van der Waals surface area contributed by atoms with Crippen LogP contribution in [0.4, 0.5) is 10.1 Å². The van der Waals surface area contributed by atoms with Gasteiger partial charge in [-0.1, -0.05) is 0 Å². The fraction of sp³-hybridized carbons (Fsp3) is 0.222. The molecule has 2 rings (SSSR count). The van der Waals surface area contributed by atoms with Crippen molar-refractivity contribution in [1.29, 1.82) is 0 Å². The maximum absolute atomic E-state index is 13.1. The number of rotatable bonds is 1. The molecule has 0 amide bonds. The van der Waals surface area contributed by atoms with Crippen LogP contribution in [0.3, 0.4) is 0 Å². The van der Waals surface area contributed by atoms with Crippen molar-refractivity contribution in [2.45, 2.75) is 6.42 Å². The Morgan fingerprint density at radius 1 is 1.47 bits per heavy atom. The second-order valence-electron chi connectivity index (χ2n) is 3.05. The fourth-order valence-electron chi connectivity index (χ4n) is 1.46. The Morgan fingerprint density at radius 2 is 2.20 bits per heavy atom. The van der Waals surface area contributed by atoms with Gasteiger partial charge in [0.1, 0.15) is 0 Å². The molecule has 0 bridgehead atoms. The van der Waals surface area contributed by atoms with Crippen molar-refractivity contribution in [3.8, 4) is 5.75 Å². The zero-order valence-corrected chi connectivity index (χ0v) is 7.53. The molecule has 5 nitrogen and oxygen atoms in total. The van der Waals surface area contributed by atoms with Gasteiger partial charge in [-0.2, -0.15) is 4.39 Å². The van der Waals surface area contributed by atoms with Gasteiger partial charge in [0.05, 0.1) is 17.1 Å². The van der Waals surface area contributed by atoms with E-state index in [0.717, 1.165) is 6.07 Å². The summed E-state index contributed by atoms with van der Waals surface area (Å²) in [4.78, 5) is 21.0. The topological polar surface area (TPSA) is 69.4 Å². The molecule has 15 heavy (non-hydrogen) atoms. The Balaban J connectivity index is 2.68. The minimum absolute atomic E-state index is 0.0517. The van der Waals surface area contributed by atoms with E-state index >= 15 is 0 Å². The predicted octanol–water partition coefficient (Wildman–Crippen LogP) is 1.70. The highest BCUT2D eigenvalue weighted by molar-refractivity contribution is 6.00. The van der Waals surface area contributed by atoms with Gasteiger partial charge in [0.25, 0.3) is 0 Å². The van der Waals surface area contributed by atoms with E-state index in [2.05, 4.69) is 0 Å². The molecule has 6 heteroatoms. The molecule has 0 unspecified atom stereocenters. The molecule has 0 saturated heterocycles. The molecule has 1 aromatic carbocycles. The number of ketones is 1. The minimum atomic E-state index is -0.992. The van der Waals surface area contributed by atoms with Crippen molar-refractivity contribution < 1.29 is 18.8 Å². The molecule has 0 aliphatic carbocycles.